The predicted octanol–water partition coefficient (Wildman–Crippen LogP) is 2.30. The van der Waals surface area contributed by atoms with Crippen molar-refractivity contribution in [3.63, 3.8) is 0 Å². The van der Waals surface area contributed by atoms with Gasteiger partial charge in [0.25, 0.3) is 0 Å². The molecule has 1 aliphatic heterocycles. The van der Waals surface area contributed by atoms with Crippen molar-refractivity contribution in [3.05, 3.63) is 18.2 Å². The zero-order chi connectivity index (χ0) is 14.8. The molecule has 1 aromatic carbocycles. The molecule has 1 fully saturated rings. The molecule has 1 heterocycles. The number of amides is 2. The van der Waals surface area contributed by atoms with Crippen LogP contribution in [-0.4, -0.2) is 44.0 Å². The van der Waals surface area contributed by atoms with E-state index in [-0.39, 0.29) is 11.6 Å². The molecule has 1 aromatic rings. The van der Waals surface area contributed by atoms with Crippen molar-refractivity contribution >= 4 is 11.7 Å². The highest BCUT2D eigenvalue weighted by molar-refractivity contribution is 5.90. The van der Waals surface area contributed by atoms with Gasteiger partial charge in [0.05, 0.1) is 26.4 Å². The minimum atomic E-state index is -0.312. The number of benzene rings is 1. The second kappa shape index (κ2) is 5.58. The maximum atomic E-state index is 12.3. The Bertz CT molecular complexity index is 480. The van der Waals surface area contributed by atoms with Gasteiger partial charge >= 0.3 is 6.03 Å². The molecule has 1 saturated heterocycles. The second-order valence-electron chi connectivity index (χ2n) is 5.25. The Kier molecular flexibility index (Phi) is 4.04. The third kappa shape index (κ3) is 2.96. The summed E-state index contributed by atoms with van der Waals surface area (Å²) in [6, 6.07) is 5.02. The van der Waals surface area contributed by atoms with Crippen LogP contribution in [0.1, 0.15) is 13.8 Å². The Hall–Kier alpha value is -1.95. The summed E-state index contributed by atoms with van der Waals surface area (Å²) in [7, 11) is 3.13. The lowest BCUT2D eigenvalue weighted by molar-refractivity contribution is 0.147. The van der Waals surface area contributed by atoms with E-state index in [1.165, 1.54) is 0 Å². The molecule has 0 bridgehead atoms. The highest BCUT2D eigenvalue weighted by Crippen LogP contribution is 2.27. The molecule has 0 spiro atoms. The lowest BCUT2D eigenvalue weighted by atomic mass is 10.1. The molecule has 2 rings (SSSR count). The lowest BCUT2D eigenvalue weighted by Gasteiger charge is -2.29. The fourth-order valence-corrected chi connectivity index (χ4v) is 2.04. The van der Waals surface area contributed by atoms with Gasteiger partial charge in [-0.05, 0) is 13.8 Å². The summed E-state index contributed by atoms with van der Waals surface area (Å²) in [5.74, 6) is 1.24. The summed E-state index contributed by atoms with van der Waals surface area (Å²) >= 11 is 0. The number of carbonyl (C=O) groups is 1. The normalized spacial score (nSPS) is 16.9. The summed E-state index contributed by atoms with van der Waals surface area (Å²) in [5, 5.41) is 2.84. The number of hydrogen-bond acceptors (Lipinski definition) is 4. The van der Waals surface area contributed by atoms with Crippen LogP contribution in [0.4, 0.5) is 10.5 Å². The van der Waals surface area contributed by atoms with Gasteiger partial charge in [-0.2, -0.15) is 0 Å². The molecule has 0 aliphatic carbocycles. The monoisotopic (exact) mass is 280 g/mol. The Morgan fingerprint density at radius 3 is 2.30 bits per heavy atom. The van der Waals surface area contributed by atoms with E-state index < -0.39 is 0 Å². The summed E-state index contributed by atoms with van der Waals surface area (Å²) in [4.78, 5) is 13.9. The van der Waals surface area contributed by atoms with Crippen LogP contribution in [0.5, 0.6) is 11.5 Å². The number of ether oxygens (including phenoxy) is 3. The maximum absolute atomic E-state index is 12.3. The highest BCUT2D eigenvalue weighted by atomic mass is 16.5. The van der Waals surface area contributed by atoms with Crippen molar-refractivity contribution in [2.24, 2.45) is 0 Å². The molecule has 0 aromatic heterocycles. The van der Waals surface area contributed by atoms with Crippen LogP contribution in [0.3, 0.4) is 0 Å². The molecule has 2 amide bonds. The maximum Gasteiger partial charge on any atom is 0.324 e. The fourth-order valence-electron chi connectivity index (χ4n) is 2.04. The Morgan fingerprint density at radius 1 is 1.25 bits per heavy atom. The average Bonchev–Trinajstić information content (AvgIpc) is 2.77. The summed E-state index contributed by atoms with van der Waals surface area (Å²) in [6.45, 7) is 4.75. The molecule has 6 nitrogen and oxygen atoms in total. The van der Waals surface area contributed by atoms with Crippen LogP contribution in [0.15, 0.2) is 18.2 Å². The number of nitrogens with one attached hydrogen (secondary N) is 1. The van der Waals surface area contributed by atoms with Gasteiger partial charge in [-0.1, -0.05) is 0 Å². The Morgan fingerprint density at radius 2 is 1.85 bits per heavy atom. The second-order valence-corrected chi connectivity index (χ2v) is 5.25. The van der Waals surface area contributed by atoms with Crippen molar-refractivity contribution in [2.75, 3.05) is 32.9 Å². The topological polar surface area (TPSA) is 60.0 Å². The van der Waals surface area contributed by atoms with Crippen molar-refractivity contribution in [1.82, 2.24) is 4.90 Å². The van der Waals surface area contributed by atoms with Gasteiger partial charge in [-0.3, -0.25) is 4.90 Å². The molecular formula is C14H20N2O4. The van der Waals surface area contributed by atoms with E-state index in [0.29, 0.717) is 30.5 Å². The van der Waals surface area contributed by atoms with E-state index in [1.54, 1.807) is 37.3 Å². The number of rotatable bonds is 3. The van der Waals surface area contributed by atoms with E-state index in [0.717, 1.165) is 0 Å². The summed E-state index contributed by atoms with van der Waals surface area (Å²) in [6.07, 6.45) is 0. The highest BCUT2D eigenvalue weighted by Gasteiger charge is 2.36. The van der Waals surface area contributed by atoms with E-state index in [4.69, 9.17) is 14.2 Å². The third-order valence-corrected chi connectivity index (χ3v) is 3.25. The minimum Gasteiger partial charge on any atom is -0.497 e. The van der Waals surface area contributed by atoms with Crippen molar-refractivity contribution in [3.8, 4) is 11.5 Å². The van der Waals surface area contributed by atoms with Crippen molar-refractivity contribution < 1.29 is 19.0 Å². The van der Waals surface area contributed by atoms with Gasteiger partial charge < -0.3 is 19.5 Å². The Balaban J connectivity index is 2.15. The fraction of sp³-hybridized carbons (Fsp3) is 0.500. The zero-order valence-corrected chi connectivity index (χ0v) is 12.2. The summed E-state index contributed by atoms with van der Waals surface area (Å²) < 4.78 is 15.7. The lowest BCUT2D eigenvalue weighted by Crippen LogP contribution is -2.46. The van der Waals surface area contributed by atoms with E-state index in [2.05, 4.69) is 5.32 Å². The summed E-state index contributed by atoms with van der Waals surface area (Å²) in [5.41, 5.74) is 0.307. The van der Waals surface area contributed by atoms with Crippen molar-refractivity contribution in [1.29, 1.82) is 0 Å². The number of anilines is 1. The molecule has 0 saturated carbocycles. The van der Waals surface area contributed by atoms with Gasteiger partial charge in [0.1, 0.15) is 18.2 Å². The van der Waals surface area contributed by atoms with Crippen LogP contribution >= 0.6 is 0 Å². The largest absolute Gasteiger partial charge is 0.497 e. The smallest absolute Gasteiger partial charge is 0.324 e. The molecule has 0 unspecified atom stereocenters. The van der Waals surface area contributed by atoms with E-state index in [9.17, 15) is 4.79 Å². The van der Waals surface area contributed by atoms with E-state index in [1.807, 2.05) is 13.8 Å². The minimum absolute atomic E-state index is 0.206. The molecular weight excluding hydrogens is 260 g/mol. The van der Waals surface area contributed by atoms with Gasteiger partial charge in [0.2, 0.25) is 0 Å². The SMILES string of the molecule is COc1cc(NC(=O)N2COCC2(C)C)cc(OC)c1. The first kappa shape index (κ1) is 14.5. The van der Waals surface area contributed by atoms with Crippen LogP contribution in [0, 0.1) is 0 Å². The van der Waals surface area contributed by atoms with Crippen LogP contribution in [0.25, 0.3) is 0 Å². The first-order valence-electron chi connectivity index (χ1n) is 6.36. The number of carbonyl (C=O) groups excluding carboxylic acids is 1. The van der Waals surface area contributed by atoms with Crippen LogP contribution < -0.4 is 14.8 Å². The molecule has 110 valence electrons. The predicted molar refractivity (Wildman–Crippen MR) is 75.3 cm³/mol. The number of hydrogen-bond donors (Lipinski definition) is 1. The van der Waals surface area contributed by atoms with Gasteiger partial charge in [-0.25, -0.2) is 4.79 Å². The Labute approximate surface area is 118 Å². The van der Waals surface area contributed by atoms with Gasteiger partial charge in [0.15, 0.2) is 0 Å². The standard InChI is InChI=1S/C14H20N2O4/c1-14(2)8-20-9-16(14)13(17)15-10-5-11(18-3)7-12(6-10)19-4/h5-7H,8-9H2,1-4H3,(H,15,17). The molecule has 1 N–H and O–H groups in total. The zero-order valence-electron chi connectivity index (χ0n) is 12.2. The van der Waals surface area contributed by atoms with Crippen LogP contribution in [0.2, 0.25) is 0 Å². The molecule has 1 aliphatic rings. The molecule has 6 heteroatoms. The molecule has 0 radical (unpaired) electrons. The quantitative estimate of drug-likeness (QED) is 0.923. The first-order valence-corrected chi connectivity index (χ1v) is 6.36. The van der Waals surface area contributed by atoms with E-state index >= 15 is 0 Å². The number of nitrogens with zero attached hydrogens (tertiary/aromatic N) is 1. The average molecular weight is 280 g/mol. The first-order chi connectivity index (χ1) is 9.46. The number of methoxy groups -OCH3 is 2. The van der Waals surface area contributed by atoms with Crippen LogP contribution in [-0.2, 0) is 4.74 Å². The van der Waals surface area contributed by atoms with Gasteiger partial charge in [-0.15, -0.1) is 0 Å². The molecule has 20 heavy (non-hydrogen) atoms. The number of urea groups is 1. The molecule has 0 atom stereocenters. The van der Waals surface area contributed by atoms with Crippen molar-refractivity contribution in [2.45, 2.75) is 19.4 Å². The van der Waals surface area contributed by atoms with Gasteiger partial charge in [0, 0.05) is 23.9 Å². The third-order valence-electron chi connectivity index (χ3n) is 3.25.